The lowest BCUT2D eigenvalue weighted by molar-refractivity contribution is -0.120. The molecule has 1 unspecified atom stereocenters. The zero-order chi connectivity index (χ0) is 15.5. The molecule has 1 amide bonds. The molecular formula is C15H16BrClN4O. The molecule has 2 heterocycles. The minimum absolute atomic E-state index is 0.00311. The monoisotopic (exact) mass is 382 g/mol. The number of nitrogens with zero attached hydrogens (tertiary/aromatic N) is 1. The number of hydrogen-bond donors (Lipinski definition) is 3. The number of nitrogens with one attached hydrogen (secondary N) is 3. The van der Waals surface area contributed by atoms with Crippen molar-refractivity contribution in [3.8, 4) is 11.3 Å². The Balaban J connectivity index is 1.73. The van der Waals surface area contributed by atoms with Crippen molar-refractivity contribution in [2.45, 2.75) is 12.8 Å². The van der Waals surface area contributed by atoms with Gasteiger partial charge in [-0.1, -0.05) is 27.5 Å². The van der Waals surface area contributed by atoms with Crippen molar-refractivity contribution >= 4 is 39.3 Å². The second-order valence-corrected chi connectivity index (χ2v) is 6.65. The van der Waals surface area contributed by atoms with Gasteiger partial charge >= 0.3 is 0 Å². The van der Waals surface area contributed by atoms with Gasteiger partial charge in [-0.15, -0.1) is 0 Å². The maximum atomic E-state index is 12.2. The molecular weight excluding hydrogens is 368 g/mol. The van der Waals surface area contributed by atoms with E-state index in [-0.39, 0.29) is 11.8 Å². The maximum Gasteiger partial charge on any atom is 0.229 e. The van der Waals surface area contributed by atoms with Gasteiger partial charge in [-0.05, 0) is 37.6 Å². The summed E-state index contributed by atoms with van der Waals surface area (Å²) in [7, 11) is 0. The molecule has 1 aliphatic heterocycles. The van der Waals surface area contributed by atoms with E-state index in [1.54, 1.807) is 6.07 Å². The lowest BCUT2D eigenvalue weighted by Crippen LogP contribution is -2.37. The molecule has 1 fully saturated rings. The van der Waals surface area contributed by atoms with Crippen LogP contribution in [0.5, 0.6) is 0 Å². The zero-order valence-electron chi connectivity index (χ0n) is 11.8. The highest BCUT2D eigenvalue weighted by atomic mass is 79.9. The zero-order valence-corrected chi connectivity index (χ0v) is 14.2. The SMILES string of the molecule is O=C(Nc1cc(-c2cc(Br)ccc2Cl)[nH]n1)C1CCCNC1. The standard InChI is InChI=1S/C15H16BrClN4O/c16-10-3-4-12(17)11(6-10)13-7-14(21-20-13)19-15(22)9-2-1-5-18-8-9/h3-4,6-7,9,18H,1-2,5,8H2,(H2,19,20,21,22). The van der Waals surface area contributed by atoms with Gasteiger partial charge in [0, 0.05) is 22.6 Å². The number of aromatic nitrogens is 2. The van der Waals surface area contributed by atoms with Crippen molar-refractivity contribution in [1.82, 2.24) is 15.5 Å². The summed E-state index contributed by atoms with van der Waals surface area (Å²) in [4.78, 5) is 12.2. The second kappa shape index (κ2) is 6.81. The van der Waals surface area contributed by atoms with E-state index in [4.69, 9.17) is 11.6 Å². The molecule has 0 saturated carbocycles. The fourth-order valence-corrected chi connectivity index (χ4v) is 3.11. The summed E-state index contributed by atoms with van der Waals surface area (Å²) in [5, 5.41) is 13.8. The van der Waals surface area contributed by atoms with E-state index >= 15 is 0 Å². The fraction of sp³-hybridized carbons (Fsp3) is 0.333. The first-order chi connectivity index (χ1) is 10.6. The Morgan fingerprint density at radius 2 is 2.27 bits per heavy atom. The number of amides is 1. The Morgan fingerprint density at radius 1 is 1.41 bits per heavy atom. The summed E-state index contributed by atoms with van der Waals surface area (Å²) in [6.45, 7) is 1.71. The maximum absolute atomic E-state index is 12.2. The summed E-state index contributed by atoms with van der Waals surface area (Å²) in [6.07, 6.45) is 1.94. The van der Waals surface area contributed by atoms with Gasteiger partial charge in [-0.2, -0.15) is 5.10 Å². The molecule has 5 nitrogen and oxygen atoms in total. The average Bonchev–Trinajstić information content (AvgIpc) is 2.99. The third-order valence-electron chi connectivity index (χ3n) is 3.72. The Morgan fingerprint density at radius 3 is 3.05 bits per heavy atom. The first-order valence-corrected chi connectivity index (χ1v) is 8.33. The number of carbonyl (C=O) groups is 1. The van der Waals surface area contributed by atoms with Crippen molar-refractivity contribution in [1.29, 1.82) is 0 Å². The van der Waals surface area contributed by atoms with Crippen molar-refractivity contribution in [3.63, 3.8) is 0 Å². The molecule has 1 aromatic carbocycles. The Bertz CT molecular complexity index is 682. The van der Waals surface area contributed by atoms with Gasteiger partial charge in [0.1, 0.15) is 0 Å². The number of H-pyrrole nitrogens is 1. The molecule has 0 aliphatic carbocycles. The van der Waals surface area contributed by atoms with Crippen molar-refractivity contribution in [2.75, 3.05) is 18.4 Å². The predicted octanol–water partition coefficient (Wildman–Crippen LogP) is 3.43. The molecule has 3 N–H and O–H groups in total. The molecule has 1 atom stereocenters. The number of halogens is 2. The predicted molar refractivity (Wildman–Crippen MR) is 91.0 cm³/mol. The molecule has 0 spiro atoms. The average molecular weight is 384 g/mol. The van der Waals surface area contributed by atoms with Crippen LogP contribution in [-0.2, 0) is 4.79 Å². The molecule has 22 heavy (non-hydrogen) atoms. The largest absolute Gasteiger partial charge is 0.316 e. The summed E-state index contributed by atoms with van der Waals surface area (Å²) < 4.78 is 0.931. The fourth-order valence-electron chi connectivity index (χ4n) is 2.53. The number of carbonyl (C=O) groups excluding carboxylic acids is 1. The Kier molecular flexibility index (Phi) is 4.81. The number of aromatic amines is 1. The van der Waals surface area contributed by atoms with Crippen LogP contribution in [0.3, 0.4) is 0 Å². The van der Waals surface area contributed by atoms with E-state index in [9.17, 15) is 4.79 Å². The highest BCUT2D eigenvalue weighted by Crippen LogP contribution is 2.30. The van der Waals surface area contributed by atoms with E-state index in [1.807, 2.05) is 18.2 Å². The summed E-state index contributed by atoms with van der Waals surface area (Å²) in [5.74, 6) is 0.524. The van der Waals surface area contributed by atoms with E-state index in [0.717, 1.165) is 41.7 Å². The lowest BCUT2D eigenvalue weighted by atomic mass is 9.99. The molecule has 1 aliphatic rings. The molecule has 0 bridgehead atoms. The normalized spacial score (nSPS) is 18.2. The van der Waals surface area contributed by atoms with E-state index in [0.29, 0.717) is 10.8 Å². The van der Waals surface area contributed by atoms with Crippen LogP contribution in [0, 0.1) is 5.92 Å². The van der Waals surface area contributed by atoms with Gasteiger partial charge in [0.05, 0.1) is 16.6 Å². The van der Waals surface area contributed by atoms with Crippen LogP contribution in [0.1, 0.15) is 12.8 Å². The molecule has 7 heteroatoms. The van der Waals surface area contributed by atoms with Crippen LogP contribution in [0.4, 0.5) is 5.82 Å². The Hall–Kier alpha value is -1.37. The highest BCUT2D eigenvalue weighted by Gasteiger charge is 2.21. The molecule has 2 aromatic rings. The van der Waals surface area contributed by atoms with Crippen molar-refractivity contribution in [3.05, 3.63) is 33.8 Å². The van der Waals surface area contributed by atoms with Gasteiger partial charge in [0.2, 0.25) is 5.91 Å². The molecule has 1 aromatic heterocycles. The van der Waals surface area contributed by atoms with Crippen molar-refractivity contribution in [2.24, 2.45) is 5.92 Å². The highest BCUT2D eigenvalue weighted by molar-refractivity contribution is 9.10. The van der Waals surface area contributed by atoms with Gasteiger partial charge < -0.3 is 10.6 Å². The summed E-state index contributed by atoms with van der Waals surface area (Å²) in [5.41, 5.74) is 1.60. The van der Waals surface area contributed by atoms with E-state index in [1.165, 1.54) is 0 Å². The Labute approximate surface area is 142 Å². The third kappa shape index (κ3) is 3.51. The number of benzene rings is 1. The number of rotatable bonds is 3. The first-order valence-electron chi connectivity index (χ1n) is 7.16. The van der Waals surface area contributed by atoms with Crippen LogP contribution in [-0.4, -0.2) is 29.2 Å². The number of hydrogen-bond acceptors (Lipinski definition) is 3. The molecule has 0 radical (unpaired) electrons. The quantitative estimate of drug-likeness (QED) is 0.760. The summed E-state index contributed by atoms with van der Waals surface area (Å²) in [6, 6.07) is 7.39. The van der Waals surface area contributed by atoms with Crippen LogP contribution < -0.4 is 10.6 Å². The minimum Gasteiger partial charge on any atom is -0.316 e. The smallest absolute Gasteiger partial charge is 0.229 e. The van der Waals surface area contributed by atoms with Crippen LogP contribution in [0.25, 0.3) is 11.3 Å². The van der Waals surface area contributed by atoms with Crippen LogP contribution in [0.15, 0.2) is 28.7 Å². The summed E-state index contributed by atoms with van der Waals surface area (Å²) >= 11 is 9.63. The minimum atomic E-state index is 0.00311. The number of anilines is 1. The number of piperidine rings is 1. The molecule has 1 saturated heterocycles. The second-order valence-electron chi connectivity index (χ2n) is 5.32. The lowest BCUT2D eigenvalue weighted by Gasteiger charge is -2.21. The van der Waals surface area contributed by atoms with Crippen molar-refractivity contribution < 1.29 is 4.79 Å². The van der Waals surface area contributed by atoms with Gasteiger partial charge in [0.25, 0.3) is 0 Å². The van der Waals surface area contributed by atoms with Gasteiger partial charge in [-0.25, -0.2) is 0 Å². The van der Waals surface area contributed by atoms with Gasteiger partial charge in [-0.3, -0.25) is 9.89 Å². The van der Waals surface area contributed by atoms with Crippen LogP contribution >= 0.6 is 27.5 Å². The molecule has 116 valence electrons. The first kappa shape index (κ1) is 15.5. The van der Waals surface area contributed by atoms with E-state index < -0.39 is 0 Å². The topological polar surface area (TPSA) is 69.8 Å². The molecule has 3 rings (SSSR count). The van der Waals surface area contributed by atoms with Crippen LogP contribution in [0.2, 0.25) is 5.02 Å². The third-order valence-corrected chi connectivity index (χ3v) is 4.54. The van der Waals surface area contributed by atoms with Gasteiger partial charge in [0.15, 0.2) is 5.82 Å². The van der Waals surface area contributed by atoms with E-state index in [2.05, 4.69) is 36.8 Å².